The summed E-state index contributed by atoms with van der Waals surface area (Å²) in [6, 6.07) is 3.56. The van der Waals surface area contributed by atoms with E-state index in [4.69, 9.17) is 10.5 Å². The van der Waals surface area contributed by atoms with Crippen molar-refractivity contribution in [3.8, 4) is 0 Å². The van der Waals surface area contributed by atoms with Gasteiger partial charge in [0, 0.05) is 32.3 Å². The first-order valence-electron chi connectivity index (χ1n) is 6.13. The van der Waals surface area contributed by atoms with E-state index in [1.54, 1.807) is 0 Å². The minimum atomic E-state index is -0.540. The van der Waals surface area contributed by atoms with Crippen LogP contribution in [-0.4, -0.2) is 38.6 Å². The third-order valence-electron chi connectivity index (χ3n) is 2.53. The molecule has 0 atom stereocenters. The average molecular weight is 283 g/mol. The molecule has 0 aliphatic heterocycles. The standard InChI is InChI=1S/C13H18FN3O3/c1-20-7-6-16-12(18)4-5-17-13(19)10-8-9(14)2-3-11(10)15/h2-3,8H,4-7,15H2,1H3,(H,16,18)(H,17,19). The molecule has 4 N–H and O–H groups in total. The number of hydrogen-bond acceptors (Lipinski definition) is 4. The summed E-state index contributed by atoms with van der Waals surface area (Å²) in [5.74, 6) is -1.25. The lowest BCUT2D eigenvalue weighted by Gasteiger charge is -2.08. The molecule has 0 aliphatic carbocycles. The first-order valence-corrected chi connectivity index (χ1v) is 6.13. The normalized spacial score (nSPS) is 10.1. The van der Waals surface area contributed by atoms with Crippen LogP contribution in [0.2, 0.25) is 0 Å². The van der Waals surface area contributed by atoms with Crippen molar-refractivity contribution in [2.45, 2.75) is 6.42 Å². The zero-order valence-electron chi connectivity index (χ0n) is 11.2. The molecule has 2 amide bonds. The zero-order valence-corrected chi connectivity index (χ0v) is 11.2. The summed E-state index contributed by atoms with van der Waals surface area (Å²) in [7, 11) is 1.54. The van der Waals surface area contributed by atoms with Crippen LogP contribution in [-0.2, 0) is 9.53 Å². The number of benzene rings is 1. The Labute approximate surface area is 116 Å². The first-order chi connectivity index (χ1) is 9.54. The van der Waals surface area contributed by atoms with E-state index in [2.05, 4.69) is 10.6 Å². The molecule has 0 heterocycles. The summed E-state index contributed by atoms with van der Waals surface area (Å²) in [4.78, 5) is 23.1. The van der Waals surface area contributed by atoms with Crippen molar-refractivity contribution in [3.05, 3.63) is 29.6 Å². The molecule has 0 saturated heterocycles. The van der Waals surface area contributed by atoms with Crippen molar-refractivity contribution in [1.82, 2.24) is 10.6 Å². The van der Waals surface area contributed by atoms with Gasteiger partial charge in [-0.25, -0.2) is 4.39 Å². The van der Waals surface area contributed by atoms with Crippen LogP contribution < -0.4 is 16.4 Å². The summed E-state index contributed by atoms with van der Waals surface area (Å²) >= 11 is 0. The van der Waals surface area contributed by atoms with Crippen LogP contribution in [0.1, 0.15) is 16.8 Å². The van der Waals surface area contributed by atoms with Gasteiger partial charge in [-0.2, -0.15) is 0 Å². The lowest BCUT2D eigenvalue weighted by Crippen LogP contribution is -2.32. The largest absolute Gasteiger partial charge is 0.398 e. The maximum atomic E-state index is 13.0. The SMILES string of the molecule is COCCNC(=O)CCNC(=O)c1cc(F)ccc1N. The predicted molar refractivity (Wildman–Crippen MR) is 72.6 cm³/mol. The fourth-order valence-electron chi connectivity index (χ4n) is 1.49. The van der Waals surface area contributed by atoms with Crippen molar-refractivity contribution < 1.29 is 18.7 Å². The lowest BCUT2D eigenvalue weighted by atomic mass is 10.1. The summed E-state index contributed by atoms with van der Waals surface area (Å²) in [5, 5.41) is 5.13. The third-order valence-corrected chi connectivity index (χ3v) is 2.53. The van der Waals surface area contributed by atoms with Gasteiger partial charge in [-0.3, -0.25) is 9.59 Å². The minimum absolute atomic E-state index is 0.0600. The maximum Gasteiger partial charge on any atom is 0.253 e. The van der Waals surface area contributed by atoms with E-state index in [0.717, 1.165) is 6.07 Å². The van der Waals surface area contributed by atoms with E-state index < -0.39 is 11.7 Å². The Kier molecular flexibility index (Phi) is 6.45. The quantitative estimate of drug-likeness (QED) is 0.495. The number of halogens is 1. The van der Waals surface area contributed by atoms with Crippen molar-refractivity contribution >= 4 is 17.5 Å². The molecule has 1 aromatic carbocycles. The van der Waals surface area contributed by atoms with E-state index in [-0.39, 0.29) is 30.1 Å². The molecule has 1 rings (SSSR count). The lowest BCUT2D eigenvalue weighted by molar-refractivity contribution is -0.121. The highest BCUT2D eigenvalue weighted by Crippen LogP contribution is 2.12. The summed E-state index contributed by atoms with van der Waals surface area (Å²) in [6.45, 7) is 0.992. The average Bonchev–Trinajstić information content (AvgIpc) is 2.41. The number of hydrogen-bond donors (Lipinski definition) is 3. The molecular weight excluding hydrogens is 265 g/mol. The van der Waals surface area contributed by atoms with Gasteiger partial charge in [-0.15, -0.1) is 0 Å². The molecule has 0 spiro atoms. The molecule has 0 unspecified atom stereocenters. The number of methoxy groups -OCH3 is 1. The number of nitrogen functional groups attached to an aromatic ring is 1. The molecule has 110 valence electrons. The van der Waals surface area contributed by atoms with Gasteiger partial charge in [0.15, 0.2) is 0 Å². The van der Waals surface area contributed by atoms with E-state index in [1.165, 1.54) is 19.2 Å². The Hall–Kier alpha value is -2.15. The highest BCUT2D eigenvalue weighted by Gasteiger charge is 2.11. The number of nitrogens with two attached hydrogens (primary N) is 1. The van der Waals surface area contributed by atoms with E-state index in [1.807, 2.05) is 0 Å². The van der Waals surface area contributed by atoms with Gasteiger partial charge < -0.3 is 21.1 Å². The van der Waals surface area contributed by atoms with Gasteiger partial charge in [-0.05, 0) is 18.2 Å². The molecule has 0 fully saturated rings. The topological polar surface area (TPSA) is 93.5 Å². The van der Waals surface area contributed by atoms with Gasteiger partial charge in [0.25, 0.3) is 5.91 Å². The van der Waals surface area contributed by atoms with Gasteiger partial charge in [-0.1, -0.05) is 0 Å². The Morgan fingerprint density at radius 2 is 2.05 bits per heavy atom. The fourth-order valence-corrected chi connectivity index (χ4v) is 1.49. The second-order valence-electron chi connectivity index (χ2n) is 4.08. The molecule has 0 bridgehead atoms. The van der Waals surface area contributed by atoms with Crippen LogP contribution in [0.3, 0.4) is 0 Å². The van der Waals surface area contributed by atoms with E-state index in [9.17, 15) is 14.0 Å². The van der Waals surface area contributed by atoms with Crippen LogP contribution in [0.15, 0.2) is 18.2 Å². The number of amides is 2. The van der Waals surface area contributed by atoms with Gasteiger partial charge in [0.1, 0.15) is 5.82 Å². The Morgan fingerprint density at radius 1 is 1.30 bits per heavy atom. The Morgan fingerprint density at radius 3 is 2.75 bits per heavy atom. The van der Waals surface area contributed by atoms with Crippen molar-refractivity contribution in [1.29, 1.82) is 0 Å². The first kappa shape index (κ1) is 15.9. The number of nitrogens with one attached hydrogen (secondary N) is 2. The van der Waals surface area contributed by atoms with Gasteiger partial charge in [0.2, 0.25) is 5.91 Å². The molecule has 20 heavy (non-hydrogen) atoms. The third kappa shape index (κ3) is 5.23. The molecular formula is C13H18FN3O3. The van der Waals surface area contributed by atoms with Crippen molar-refractivity contribution in [2.75, 3.05) is 32.5 Å². The molecule has 1 aromatic rings. The molecule has 0 radical (unpaired) electrons. The van der Waals surface area contributed by atoms with Crippen LogP contribution in [0.5, 0.6) is 0 Å². The monoisotopic (exact) mass is 283 g/mol. The smallest absolute Gasteiger partial charge is 0.253 e. The summed E-state index contributed by atoms with van der Waals surface area (Å²) < 4.78 is 17.8. The van der Waals surface area contributed by atoms with Crippen LogP contribution in [0.4, 0.5) is 10.1 Å². The Balaban J connectivity index is 2.36. The number of carbonyl (C=O) groups excluding carboxylic acids is 2. The second-order valence-corrected chi connectivity index (χ2v) is 4.08. The Bertz CT molecular complexity index is 480. The fraction of sp³-hybridized carbons (Fsp3) is 0.385. The summed E-state index contributed by atoms with van der Waals surface area (Å²) in [5.41, 5.74) is 5.83. The maximum absolute atomic E-state index is 13.0. The second kappa shape index (κ2) is 8.11. The van der Waals surface area contributed by atoms with Crippen LogP contribution >= 0.6 is 0 Å². The highest BCUT2D eigenvalue weighted by molar-refractivity contribution is 5.99. The van der Waals surface area contributed by atoms with Gasteiger partial charge in [0.05, 0.1) is 12.2 Å². The van der Waals surface area contributed by atoms with E-state index >= 15 is 0 Å². The zero-order chi connectivity index (χ0) is 15.0. The van der Waals surface area contributed by atoms with E-state index in [0.29, 0.717) is 13.2 Å². The molecule has 0 aliphatic rings. The van der Waals surface area contributed by atoms with Gasteiger partial charge >= 0.3 is 0 Å². The molecule has 7 heteroatoms. The van der Waals surface area contributed by atoms with Crippen molar-refractivity contribution in [3.63, 3.8) is 0 Å². The number of anilines is 1. The minimum Gasteiger partial charge on any atom is -0.398 e. The number of rotatable bonds is 7. The van der Waals surface area contributed by atoms with Crippen LogP contribution in [0.25, 0.3) is 0 Å². The number of ether oxygens (including phenoxy) is 1. The molecule has 0 saturated carbocycles. The molecule has 6 nitrogen and oxygen atoms in total. The highest BCUT2D eigenvalue weighted by atomic mass is 19.1. The van der Waals surface area contributed by atoms with Crippen molar-refractivity contribution in [2.24, 2.45) is 0 Å². The summed E-state index contributed by atoms with van der Waals surface area (Å²) in [6.07, 6.45) is 0.130. The number of carbonyl (C=O) groups is 2. The van der Waals surface area contributed by atoms with Crippen LogP contribution in [0, 0.1) is 5.82 Å². The molecule has 0 aromatic heterocycles. The predicted octanol–water partition coefficient (Wildman–Crippen LogP) is 0.290.